The van der Waals surface area contributed by atoms with Crippen molar-refractivity contribution in [2.24, 2.45) is 0 Å². The van der Waals surface area contributed by atoms with Gasteiger partial charge in [-0.2, -0.15) is 13.1 Å². The highest BCUT2D eigenvalue weighted by Gasteiger charge is 2.22. The van der Waals surface area contributed by atoms with Crippen LogP contribution in [0.2, 0.25) is 0 Å². The van der Waals surface area contributed by atoms with E-state index in [0.29, 0.717) is 6.54 Å². The molecular formula is C19H24F2N2O4S. The Morgan fingerprint density at radius 1 is 1.07 bits per heavy atom. The molecule has 0 aromatic heterocycles. The maximum Gasteiger partial charge on any atom is 0.387 e. The van der Waals surface area contributed by atoms with Crippen LogP contribution in [0.25, 0.3) is 0 Å². The van der Waals surface area contributed by atoms with E-state index in [1.54, 1.807) is 45.2 Å². The van der Waals surface area contributed by atoms with Gasteiger partial charge in [0, 0.05) is 25.3 Å². The summed E-state index contributed by atoms with van der Waals surface area (Å²) in [5.74, 6) is 0.169. The van der Waals surface area contributed by atoms with Crippen molar-refractivity contribution in [2.75, 3.05) is 19.5 Å². The Kier molecular flexibility index (Phi) is 7.20. The lowest BCUT2D eigenvalue weighted by atomic mass is 10.2. The van der Waals surface area contributed by atoms with Crippen molar-refractivity contribution in [2.45, 2.75) is 37.9 Å². The van der Waals surface area contributed by atoms with Crippen LogP contribution in [0.1, 0.15) is 19.4 Å². The van der Waals surface area contributed by atoms with E-state index in [1.807, 2.05) is 0 Å². The zero-order valence-electron chi connectivity index (χ0n) is 16.1. The molecule has 0 saturated heterocycles. The van der Waals surface area contributed by atoms with Crippen LogP contribution >= 0.6 is 0 Å². The molecule has 2 rings (SSSR count). The highest BCUT2D eigenvalue weighted by molar-refractivity contribution is 7.89. The number of nitrogens with one attached hydrogen (secondary N) is 1. The standard InChI is InChI=1S/C19H24F2N2O4S/c1-13(2)23(3)28(24,25)16-8-6-15(7-9-16)22-12-14-5-10-17(27-19(20)21)18(11-14)26-4/h5-11,13,19,22H,12H2,1-4H3. The molecule has 1 N–H and O–H groups in total. The highest BCUT2D eigenvalue weighted by atomic mass is 32.2. The molecule has 2 aromatic rings. The first-order chi connectivity index (χ1) is 13.1. The number of nitrogens with zero attached hydrogens (tertiary/aromatic N) is 1. The van der Waals surface area contributed by atoms with Gasteiger partial charge < -0.3 is 14.8 Å². The molecule has 6 nitrogen and oxygen atoms in total. The van der Waals surface area contributed by atoms with Crippen LogP contribution in [0.4, 0.5) is 14.5 Å². The number of benzene rings is 2. The van der Waals surface area contributed by atoms with Crippen molar-refractivity contribution >= 4 is 15.7 Å². The Morgan fingerprint density at radius 2 is 1.71 bits per heavy atom. The van der Waals surface area contributed by atoms with Crippen LogP contribution in [0.3, 0.4) is 0 Å². The molecule has 0 aliphatic carbocycles. The van der Waals surface area contributed by atoms with E-state index in [4.69, 9.17) is 4.74 Å². The number of hydrogen-bond donors (Lipinski definition) is 1. The number of hydrogen-bond acceptors (Lipinski definition) is 5. The molecular weight excluding hydrogens is 390 g/mol. The van der Waals surface area contributed by atoms with Gasteiger partial charge in [-0.1, -0.05) is 6.07 Å². The molecule has 0 aliphatic rings. The van der Waals surface area contributed by atoms with E-state index in [0.717, 1.165) is 11.3 Å². The summed E-state index contributed by atoms with van der Waals surface area (Å²) in [5.41, 5.74) is 1.51. The Hall–Kier alpha value is -2.39. The van der Waals surface area contributed by atoms with Gasteiger partial charge in [0.1, 0.15) is 0 Å². The minimum Gasteiger partial charge on any atom is -0.493 e. The van der Waals surface area contributed by atoms with Gasteiger partial charge in [0.05, 0.1) is 12.0 Å². The van der Waals surface area contributed by atoms with Crippen LogP contribution in [0, 0.1) is 0 Å². The summed E-state index contributed by atoms with van der Waals surface area (Å²) in [6.07, 6.45) is 0. The molecule has 0 bridgehead atoms. The number of methoxy groups -OCH3 is 1. The van der Waals surface area contributed by atoms with Gasteiger partial charge in [-0.25, -0.2) is 8.42 Å². The topological polar surface area (TPSA) is 67.9 Å². The molecule has 2 aromatic carbocycles. The minimum atomic E-state index is -3.53. The molecule has 0 fully saturated rings. The summed E-state index contributed by atoms with van der Waals surface area (Å²) in [4.78, 5) is 0.212. The first kappa shape index (κ1) is 21.9. The Morgan fingerprint density at radius 3 is 2.25 bits per heavy atom. The van der Waals surface area contributed by atoms with Crippen molar-refractivity contribution in [1.82, 2.24) is 4.31 Å². The first-order valence-corrected chi connectivity index (χ1v) is 10.0. The Balaban J connectivity index is 2.07. The van der Waals surface area contributed by atoms with E-state index >= 15 is 0 Å². The summed E-state index contributed by atoms with van der Waals surface area (Å²) in [6, 6.07) is 10.9. The SMILES string of the molecule is COc1cc(CNc2ccc(S(=O)(=O)N(C)C(C)C)cc2)ccc1OC(F)F. The van der Waals surface area contributed by atoms with Gasteiger partial charge in [0.15, 0.2) is 11.5 Å². The fourth-order valence-corrected chi connectivity index (χ4v) is 3.78. The monoisotopic (exact) mass is 414 g/mol. The summed E-state index contributed by atoms with van der Waals surface area (Å²) in [5, 5.41) is 3.15. The fraction of sp³-hybridized carbons (Fsp3) is 0.368. The van der Waals surface area contributed by atoms with Gasteiger partial charge in [-0.05, 0) is 55.8 Å². The summed E-state index contributed by atoms with van der Waals surface area (Å²) in [7, 11) is -0.616. The van der Waals surface area contributed by atoms with Gasteiger partial charge in [-0.15, -0.1) is 0 Å². The molecule has 9 heteroatoms. The highest BCUT2D eigenvalue weighted by Crippen LogP contribution is 2.29. The maximum atomic E-state index is 12.5. The van der Waals surface area contributed by atoms with Crippen LogP contribution in [-0.4, -0.2) is 39.5 Å². The molecule has 28 heavy (non-hydrogen) atoms. The zero-order valence-corrected chi connectivity index (χ0v) is 17.0. The van der Waals surface area contributed by atoms with Gasteiger partial charge in [-0.3, -0.25) is 0 Å². The molecule has 0 amide bonds. The van der Waals surface area contributed by atoms with E-state index in [-0.39, 0.29) is 22.4 Å². The predicted molar refractivity (Wildman–Crippen MR) is 103 cm³/mol. The smallest absolute Gasteiger partial charge is 0.387 e. The third kappa shape index (κ3) is 5.32. The maximum absolute atomic E-state index is 12.5. The Bertz CT molecular complexity index is 887. The van der Waals surface area contributed by atoms with Gasteiger partial charge in [0.2, 0.25) is 10.0 Å². The number of ether oxygens (including phenoxy) is 2. The second kappa shape index (κ2) is 9.20. The summed E-state index contributed by atoms with van der Waals surface area (Å²) >= 11 is 0. The van der Waals surface area contributed by atoms with Crippen LogP contribution in [0.5, 0.6) is 11.5 Å². The fourth-order valence-electron chi connectivity index (χ4n) is 2.41. The average molecular weight is 414 g/mol. The molecule has 0 radical (unpaired) electrons. The van der Waals surface area contributed by atoms with Crippen LogP contribution < -0.4 is 14.8 Å². The summed E-state index contributed by atoms with van der Waals surface area (Å²) in [6.45, 7) is 1.07. The van der Waals surface area contributed by atoms with Crippen molar-refractivity contribution in [3.63, 3.8) is 0 Å². The predicted octanol–water partition coefficient (Wildman–Crippen LogP) is 3.94. The van der Waals surface area contributed by atoms with Crippen molar-refractivity contribution < 1.29 is 26.7 Å². The lowest BCUT2D eigenvalue weighted by Gasteiger charge is -2.21. The number of sulfonamides is 1. The Labute approximate surface area is 164 Å². The molecule has 0 unspecified atom stereocenters. The lowest BCUT2D eigenvalue weighted by molar-refractivity contribution is -0.0512. The third-order valence-corrected chi connectivity index (χ3v) is 6.25. The van der Waals surface area contributed by atoms with Crippen LogP contribution in [0.15, 0.2) is 47.4 Å². The second-order valence-corrected chi connectivity index (χ2v) is 8.35. The van der Waals surface area contributed by atoms with Crippen LogP contribution in [-0.2, 0) is 16.6 Å². The molecule has 0 heterocycles. The van der Waals surface area contributed by atoms with Gasteiger partial charge in [0.25, 0.3) is 0 Å². The number of anilines is 1. The third-order valence-electron chi connectivity index (χ3n) is 4.20. The van der Waals surface area contributed by atoms with E-state index < -0.39 is 16.6 Å². The van der Waals surface area contributed by atoms with Crippen molar-refractivity contribution in [3.8, 4) is 11.5 Å². The van der Waals surface area contributed by atoms with Crippen molar-refractivity contribution in [3.05, 3.63) is 48.0 Å². The first-order valence-electron chi connectivity index (χ1n) is 8.59. The van der Waals surface area contributed by atoms with Crippen molar-refractivity contribution in [1.29, 1.82) is 0 Å². The van der Waals surface area contributed by atoms with E-state index in [1.165, 1.54) is 29.6 Å². The zero-order chi connectivity index (χ0) is 20.9. The largest absolute Gasteiger partial charge is 0.493 e. The number of halogens is 2. The van der Waals surface area contributed by atoms with E-state index in [9.17, 15) is 17.2 Å². The average Bonchev–Trinajstić information content (AvgIpc) is 2.66. The second-order valence-electron chi connectivity index (χ2n) is 6.36. The lowest BCUT2D eigenvalue weighted by Crippen LogP contribution is -2.33. The number of alkyl halides is 2. The molecule has 0 aliphatic heterocycles. The minimum absolute atomic E-state index is 0.0370. The molecule has 0 spiro atoms. The van der Waals surface area contributed by atoms with Gasteiger partial charge >= 0.3 is 6.61 Å². The van der Waals surface area contributed by atoms with E-state index in [2.05, 4.69) is 10.1 Å². The summed E-state index contributed by atoms with van der Waals surface area (Å²) < 4.78 is 60.5. The quantitative estimate of drug-likeness (QED) is 0.673. The molecule has 0 atom stereocenters. The normalized spacial score (nSPS) is 11.9. The number of rotatable bonds is 9. The molecule has 154 valence electrons. The molecule has 0 saturated carbocycles.